The molecule has 0 saturated heterocycles. The van der Waals surface area contributed by atoms with Crippen LogP contribution in [0.15, 0.2) is 42.1 Å². The molecule has 3 aliphatic rings. The maximum Gasteiger partial charge on any atom is 0.316 e. The van der Waals surface area contributed by atoms with Crippen molar-refractivity contribution in [2.75, 3.05) is 24.2 Å². The van der Waals surface area contributed by atoms with Crippen molar-refractivity contribution in [2.45, 2.75) is 77.2 Å². The van der Waals surface area contributed by atoms with E-state index in [9.17, 15) is 19.8 Å². The van der Waals surface area contributed by atoms with Crippen molar-refractivity contribution in [3.05, 3.63) is 36.9 Å². The Hall–Kier alpha value is -2.49. The van der Waals surface area contributed by atoms with Crippen LogP contribution in [0.5, 0.6) is 0 Å². The molecule has 0 spiro atoms. The molecule has 222 valence electrons. The number of rotatable bonds is 8. The molecule has 2 bridgehead atoms. The van der Waals surface area contributed by atoms with Gasteiger partial charge in [0.15, 0.2) is 5.16 Å². The number of esters is 1. The number of aliphatic hydroxyl groups is 2. The summed E-state index contributed by atoms with van der Waals surface area (Å²) in [5.41, 5.74) is -0.790. The van der Waals surface area contributed by atoms with E-state index in [1.54, 1.807) is 0 Å². The number of aliphatic hydroxyl groups excluding tert-OH is 2. The summed E-state index contributed by atoms with van der Waals surface area (Å²) in [6, 6.07) is 7.59. The Balaban J connectivity index is 1.43. The monoisotopic (exact) mass is 581 g/mol. The second-order valence-corrected chi connectivity index (χ2v) is 13.8. The highest BCUT2D eigenvalue weighted by atomic mass is 32.2. The van der Waals surface area contributed by atoms with Crippen molar-refractivity contribution in [3.63, 3.8) is 0 Å². The number of ketones is 1. The lowest BCUT2D eigenvalue weighted by atomic mass is 9.44. The van der Waals surface area contributed by atoms with Crippen LogP contribution in [0.1, 0.15) is 59.8 Å². The molecule has 2 aromatic rings. The molecular formula is C32H43N3O5S. The Kier molecular flexibility index (Phi) is 8.27. The first kappa shape index (κ1) is 30.0. The van der Waals surface area contributed by atoms with Crippen molar-refractivity contribution in [3.8, 4) is 0 Å². The summed E-state index contributed by atoms with van der Waals surface area (Å²) in [5.74, 6) is 0.298. The van der Waals surface area contributed by atoms with Crippen LogP contribution in [0.2, 0.25) is 0 Å². The zero-order valence-corrected chi connectivity index (χ0v) is 25.4. The highest BCUT2D eigenvalue weighted by molar-refractivity contribution is 7.99. The number of carbonyl (C=O) groups excluding carboxylic acids is 2. The Morgan fingerprint density at radius 1 is 1.24 bits per heavy atom. The van der Waals surface area contributed by atoms with Crippen molar-refractivity contribution < 1.29 is 24.5 Å². The predicted molar refractivity (Wildman–Crippen MR) is 160 cm³/mol. The molecule has 0 radical (unpaired) electrons. The van der Waals surface area contributed by atoms with E-state index >= 15 is 0 Å². The van der Waals surface area contributed by atoms with Crippen molar-refractivity contribution in [2.24, 2.45) is 34.0 Å². The van der Waals surface area contributed by atoms with Crippen LogP contribution in [0.4, 0.5) is 5.82 Å². The Morgan fingerprint density at radius 3 is 2.73 bits per heavy atom. The molecule has 1 heterocycles. The number of carbonyl (C=O) groups is 2. The van der Waals surface area contributed by atoms with Gasteiger partial charge in [-0.1, -0.05) is 57.7 Å². The zero-order valence-electron chi connectivity index (χ0n) is 24.6. The lowest BCUT2D eigenvalue weighted by Crippen LogP contribution is -2.63. The van der Waals surface area contributed by atoms with Gasteiger partial charge in [-0.2, -0.15) is 0 Å². The number of fused-ring (bicyclic) bond motifs is 1. The maximum absolute atomic E-state index is 13.6. The molecule has 1 aromatic heterocycles. The van der Waals surface area contributed by atoms with E-state index in [1.165, 1.54) is 11.8 Å². The third kappa shape index (κ3) is 4.97. The standard InChI is InChI=1S/C32H43N3O5S/c1-6-30(4)17-24(31(5)19(2)11-13-32(20(3)27(30)39)14-12-23(37)26(31)32)40-25(38)18-41-29-34-22-10-8-7-9-21(22)28(35-29)33-15-16-36/h6-10,19-20,24,26-27,36,39H,1,11-18H2,2-5H3,(H,33,34,35)/t19-,20+,24-,26+,27+,30-,31+,32+/m1/s1. The lowest BCUT2D eigenvalue weighted by molar-refractivity contribution is -0.205. The first-order valence-corrected chi connectivity index (χ1v) is 15.8. The number of thioether (sulfide) groups is 1. The van der Waals surface area contributed by atoms with Crippen molar-refractivity contribution in [1.82, 2.24) is 9.97 Å². The van der Waals surface area contributed by atoms with Gasteiger partial charge in [0.05, 0.1) is 24.0 Å². The average molecular weight is 582 g/mol. The second-order valence-electron chi connectivity index (χ2n) is 12.9. The number of Topliss-reactive ketones (excluding diaryl/α,β-unsaturated/α-hetero) is 1. The van der Waals surface area contributed by atoms with Crippen LogP contribution in [0.3, 0.4) is 0 Å². The molecular weight excluding hydrogens is 538 g/mol. The lowest BCUT2D eigenvalue weighted by Gasteiger charge is -2.61. The molecule has 0 unspecified atom stereocenters. The first-order chi connectivity index (χ1) is 19.5. The average Bonchev–Trinajstić information content (AvgIpc) is 3.33. The smallest absolute Gasteiger partial charge is 0.316 e. The Bertz CT molecular complexity index is 1340. The summed E-state index contributed by atoms with van der Waals surface area (Å²) in [5, 5.41) is 25.4. The molecule has 41 heavy (non-hydrogen) atoms. The van der Waals surface area contributed by atoms with Crippen molar-refractivity contribution in [1.29, 1.82) is 0 Å². The molecule has 9 heteroatoms. The van der Waals surface area contributed by atoms with E-state index in [-0.39, 0.29) is 41.3 Å². The fourth-order valence-corrected chi connectivity index (χ4v) is 8.88. The van der Waals surface area contributed by atoms with Gasteiger partial charge in [0.1, 0.15) is 17.7 Å². The van der Waals surface area contributed by atoms with Gasteiger partial charge in [0.2, 0.25) is 0 Å². The number of anilines is 1. The molecule has 8 atom stereocenters. The number of hydrogen-bond acceptors (Lipinski definition) is 9. The minimum absolute atomic E-state index is 0.00621. The van der Waals surface area contributed by atoms with Crippen LogP contribution >= 0.6 is 11.8 Å². The maximum atomic E-state index is 13.6. The predicted octanol–water partition coefficient (Wildman–Crippen LogP) is 5.03. The molecule has 8 nitrogen and oxygen atoms in total. The highest BCUT2D eigenvalue weighted by Crippen LogP contribution is 2.68. The zero-order chi connectivity index (χ0) is 29.6. The van der Waals surface area contributed by atoms with Crippen LogP contribution in [-0.2, 0) is 14.3 Å². The third-order valence-electron chi connectivity index (χ3n) is 10.9. The molecule has 3 aliphatic carbocycles. The summed E-state index contributed by atoms with van der Waals surface area (Å²) in [6.45, 7) is 12.8. The van der Waals surface area contributed by atoms with Gasteiger partial charge >= 0.3 is 5.97 Å². The summed E-state index contributed by atoms with van der Waals surface area (Å²) >= 11 is 1.20. The molecule has 3 N–H and O–H groups in total. The fourth-order valence-electron chi connectivity index (χ4n) is 8.25. The van der Waals surface area contributed by atoms with E-state index in [0.29, 0.717) is 30.4 Å². The SMILES string of the molecule is C=C[C@]1(C)C[C@@H](OC(=O)CSc2nc(NCCO)c3ccccc3n2)[C@]2(C)[C@H](C)CC[C@]3(CCC(=O)[C@H]32)[C@@H](C)[C@@H]1O. The van der Waals surface area contributed by atoms with E-state index in [2.05, 4.69) is 42.6 Å². The largest absolute Gasteiger partial charge is 0.461 e. The second kappa shape index (κ2) is 11.3. The van der Waals surface area contributed by atoms with Crippen LogP contribution in [0, 0.1) is 34.0 Å². The van der Waals surface area contributed by atoms with Gasteiger partial charge in [-0.05, 0) is 55.1 Å². The van der Waals surface area contributed by atoms with Crippen LogP contribution in [-0.4, -0.2) is 63.0 Å². The van der Waals surface area contributed by atoms with Gasteiger partial charge in [0, 0.05) is 35.1 Å². The first-order valence-electron chi connectivity index (χ1n) is 14.8. The van der Waals surface area contributed by atoms with Gasteiger partial charge in [-0.15, -0.1) is 6.58 Å². The summed E-state index contributed by atoms with van der Waals surface area (Å²) < 4.78 is 6.35. The molecule has 3 fully saturated rings. The molecule has 0 aliphatic heterocycles. The van der Waals surface area contributed by atoms with Gasteiger partial charge in [-0.25, -0.2) is 9.97 Å². The molecule has 1 aromatic carbocycles. The number of nitrogens with zero attached hydrogens (tertiary/aromatic N) is 2. The molecule has 3 saturated carbocycles. The quantitative estimate of drug-likeness (QED) is 0.170. The van der Waals surface area contributed by atoms with Gasteiger partial charge in [0.25, 0.3) is 0 Å². The van der Waals surface area contributed by atoms with Crippen LogP contribution in [0.25, 0.3) is 10.9 Å². The van der Waals surface area contributed by atoms with E-state index in [1.807, 2.05) is 37.3 Å². The number of aromatic nitrogens is 2. The highest BCUT2D eigenvalue weighted by Gasteiger charge is 2.68. The van der Waals surface area contributed by atoms with Gasteiger partial charge in [-0.3, -0.25) is 9.59 Å². The van der Waals surface area contributed by atoms with E-state index < -0.39 is 29.0 Å². The molecule has 5 rings (SSSR count). The van der Waals surface area contributed by atoms with E-state index in [0.717, 1.165) is 30.2 Å². The van der Waals surface area contributed by atoms with E-state index in [4.69, 9.17) is 4.74 Å². The number of nitrogens with one attached hydrogen (secondary N) is 1. The summed E-state index contributed by atoms with van der Waals surface area (Å²) in [4.78, 5) is 36.3. The third-order valence-corrected chi connectivity index (χ3v) is 11.7. The summed E-state index contributed by atoms with van der Waals surface area (Å²) in [7, 11) is 0. The van der Waals surface area contributed by atoms with Gasteiger partial charge < -0.3 is 20.3 Å². The number of benzene rings is 1. The summed E-state index contributed by atoms with van der Waals surface area (Å²) in [6.07, 6.45) is 4.07. The fraction of sp³-hybridized carbons (Fsp3) is 0.625. The Labute approximate surface area is 246 Å². The molecule has 0 amide bonds. The number of para-hydroxylation sites is 1. The van der Waals surface area contributed by atoms with Crippen LogP contribution < -0.4 is 5.32 Å². The van der Waals surface area contributed by atoms with Crippen molar-refractivity contribution >= 4 is 40.2 Å². The minimum atomic E-state index is -0.697. The number of ether oxygens (including phenoxy) is 1. The Morgan fingerprint density at radius 2 is 2.00 bits per heavy atom. The number of hydrogen-bond donors (Lipinski definition) is 3. The topological polar surface area (TPSA) is 122 Å². The minimum Gasteiger partial charge on any atom is -0.461 e. The normalized spacial score (nSPS) is 36.7.